The van der Waals surface area contributed by atoms with Gasteiger partial charge in [-0.05, 0) is 37.5 Å². The average Bonchev–Trinajstić information content (AvgIpc) is 2.61. The maximum atomic E-state index is 12.2. The van der Waals surface area contributed by atoms with E-state index in [1.165, 1.54) is 19.1 Å². The van der Waals surface area contributed by atoms with E-state index in [0.717, 1.165) is 38.4 Å². The second kappa shape index (κ2) is 9.68. The van der Waals surface area contributed by atoms with Crippen LogP contribution in [0, 0.1) is 0 Å². The van der Waals surface area contributed by atoms with Crippen LogP contribution in [0.5, 0.6) is 0 Å². The first-order valence-electron chi connectivity index (χ1n) is 9.23. The first kappa shape index (κ1) is 21.9. The number of ether oxygens (including phenoxy) is 1. The van der Waals surface area contributed by atoms with Crippen LogP contribution in [0.25, 0.3) is 0 Å². The molecule has 1 aliphatic carbocycles. The van der Waals surface area contributed by atoms with Crippen molar-refractivity contribution in [2.45, 2.75) is 56.9 Å². The van der Waals surface area contributed by atoms with E-state index >= 15 is 0 Å². The maximum absolute atomic E-state index is 12.2. The van der Waals surface area contributed by atoms with E-state index in [1.54, 1.807) is 12.1 Å². The summed E-state index contributed by atoms with van der Waals surface area (Å²) >= 11 is 0. The average molecular weight is 410 g/mol. The fourth-order valence-electron chi connectivity index (χ4n) is 3.05. The molecule has 1 saturated carbocycles. The number of nitrogens with one attached hydrogen (secondary N) is 2. The van der Waals surface area contributed by atoms with E-state index in [2.05, 4.69) is 10.6 Å². The van der Waals surface area contributed by atoms with Gasteiger partial charge < -0.3 is 10.1 Å². The van der Waals surface area contributed by atoms with Gasteiger partial charge in [-0.25, -0.2) is 18.0 Å². The van der Waals surface area contributed by atoms with Crippen LogP contribution in [0.4, 0.5) is 4.79 Å². The van der Waals surface area contributed by atoms with Crippen LogP contribution >= 0.6 is 0 Å². The lowest BCUT2D eigenvalue weighted by Gasteiger charge is -2.23. The second-order valence-electron chi connectivity index (χ2n) is 7.12. The molecule has 1 aliphatic rings. The molecule has 1 fully saturated rings. The number of carbonyl (C=O) groups excluding carboxylic acids is 3. The number of amides is 3. The minimum Gasteiger partial charge on any atom is -0.449 e. The van der Waals surface area contributed by atoms with Gasteiger partial charge in [-0.3, -0.25) is 10.1 Å². The van der Waals surface area contributed by atoms with E-state index in [-0.39, 0.29) is 17.4 Å². The topological polar surface area (TPSA) is 119 Å². The summed E-state index contributed by atoms with van der Waals surface area (Å²) in [5, 5.41) is 4.93. The zero-order valence-corrected chi connectivity index (χ0v) is 16.9. The molecule has 3 amide bonds. The predicted octanol–water partition coefficient (Wildman–Crippen LogP) is 1.93. The van der Waals surface area contributed by atoms with Gasteiger partial charge in [0.25, 0.3) is 5.91 Å². The molecule has 0 bridgehead atoms. The highest BCUT2D eigenvalue weighted by Gasteiger charge is 2.23. The van der Waals surface area contributed by atoms with E-state index < -0.39 is 33.8 Å². The molecule has 0 unspecified atom stereocenters. The Morgan fingerprint density at radius 3 is 2.50 bits per heavy atom. The number of hydrogen-bond donors (Lipinski definition) is 2. The third-order valence-corrected chi connectivity index (χ3v) is 5.28. The molecular formula is C19H26N2O6S. The summed E-state index contributed by atoms with van der Waals surface area (Å²) in [4.78, 5) is 36.2. The van der Waals surface area contributed by atoms with Gasteiger partial charge in [0.2, 0.25) is 0 Å². The molecule has 1 aromatic carbocycles. The second-order valence-corrected chi connectivity index (χ2v) is 9.26. The summed E-state index contributed by atoms with van der Waals surface area (Å²) < 4.78 is 27.9. The van der Waals surface area contributed by atoms with Crippen molar-refractivity contribution in [2.24, 2.45) is 0 Å². The van der Waals surface area contributed by atoms with Gasteiger partial charge >= 0.3 is 12.0 Å². The molecule has 0 saturated heterocycles. The molecule has 0 aliphatic heterocycles. The Hall–Kier alpha value is -2.42. The van der Waals surface area contributed by atoms with E-state index in [4.69, 9.17) is 4.74 Å². The SMILES string of the molecule is C[C@H](OC(=O)c1cccc(CS(C)(=O)=O)c1)C(=O)NC(=O)NC1CCCCC1. The Labute approximate surface area is 164 Å². The van der Waals surface area contributed by atoms with Gasteiger partial charge in [0.05, 0.1) is 11.3 Å². The smallest absolute Gasteiger partial charge is 0.338 e. The molecule has 9 heteroatoms. The summed E-state index contributed by atoms with van der Waals surface area (Å²) in [6.45, 7) is 1.36. The molecule has 154 valence electrons. The minimum absolute atomic E-state index is 0.0528. The van der Waals surface area contributed by atoms with E-state index in [0.29, 0.717) is 5.56 Å². The van der Waals surface area contributed by atoms with Crippen LogP contribution < -0.4 is 10.6 Å². The molecule has 1 aromatic rings. The molecule has 0 radical (unpaired) electrons. The number of esters is 1. The summed E-state index contributed by atoms with van der Waals surface area (Å²) in [7, 11) is -3.24. The molecule has 8 nitrogen and oxygen atoms in total. The van der Waals surface area contributed by atoms with Gasteiger partial charge in [-0.1, -0.05) is 31.4 Å². The zero-order chi connectivity index (χ0) is 20.7. The van der Waals surface area contributed by atoms with Crippen LogP contribution in [-0.4, -0.2) is 44.7 Å². The Balaban J connectivity index is 1.87. The number of rotatable bonds is 6. The third kappa shape index (κ3) is 7.30. The first-order valence-corrected chi connectivity index (χ1v) is 11.3. The Morgan fingerprint density at radius 1 is 1.18 bits per heavy atom. The van der Waals surface area contributed by atoms with Crippen molar-refractivity contribution in [3.05, 3.63) is 35.4 Å². The highest BCUT2D eigenvalue weighted by atomic mass is 32.2. The van der Waals surface area contributed by atoms with Crippen LogP contribution in [0.1, 0.15) is 54.9 Å². The summed E-state index contributed by atoms with van der Waals surface area (Å²) in [5.41, 5.74) is 0.577. The summed E-state index contributed by atoms with van der Waals surface area (Å²) in [6.07, 6.45) is 4.94. The predicted molar refractivity (Wildman–Crippen MR) is 103 cm³/mol. The Bertz CT molecular complexity index is 831. The van der Waals surface area contributed by atoms with Crippen LogP contribution in [0.3, 0.4) is 0 Å². The largest absolute Gasteiger partial charge is 0.449 e. The standard InChI is InChI=1S/C19H26N2O6S/c1-13(17(22)21-19(24)20-16-9-4-3-5-10-16)27-18(23)15-8-6-7-14(11-15)12-28(2,25)26/h6-8,11,13,16H,3-5,9-10,12H2,1-2H3,(H2,20,21,22,24)/t13-/m0/s1. The highest BCUT2D eigenvalue weighted by molar-refractivity contribution is 7.89. The van der Waals surface area contributed by atoms with Crippen molar-refractivity contribution in [3.63, 3.8) is 0 Å². The number of benzene rings is 1. The van der Waals surface area contributed by atoms with Crippen molar-refractivity contribution < 1.29 is 27.5 Å². The lowest BCUT2D eigenvalue weighted by molar-refractivity contribution is -0.127. The summed E-state index contributed by atoms with van der Waals surface area (Å²) in [6, 6.07) is 5.45. The summed E-state index contributed by atoms with van der Waals surface area (Å²) in [5.74, 6) is -1.70. The molecule has 0 spiro atoms. The van der Waals surface area contributed by atoms with Crippen molar-refractivity contribution in [2.75, 3.05) is 6.26 Å². The maximum Gasteiger partial charge on any atom is 0.338 e. The quantitative estimate of drug-likeness (QED) is 0.692. The Kier molecular flexibility index (Phi) is 7.56. The Morgan fingerprint density at radius 2 is 1.86 bits per heavy atom. The number of carbonyl (C=O) groups is 3. The molecule has 28 heavy (non-hydrogen) atoms. The number of sulfone groups is 1. The molecule has 0 heterocycles. The van der Waals surface area contributed by atoms with Crippen molar-refractivity contribution in [1.82, 2.24) is 10.6 Å². The molecule has 1 atom stereocenters. The number of imide groups is 1. The normalized spacial score (nSPS) is 16.1. The fraction of sp³-hybridized carbons (Fsp3) is 0.526. The lowest BCUT2D eigenvalue weighted by atomic mass is 9.96. The van der Waals surface area contributed by atoms with Crippen LogP contribution in [0.2, 0.25) is 0 Å². The monoisotopic (exact) mass is 410 g/mol. The van der Waals surface area contributed by atoms with Crippen molar-refractivity contribution in [1.29, 1.82) is 0 Å². The third-order valence-electron chi connectivity index (χ3n) is 4.42. The first-order chi connectivity index (χ1) is 13.1. The van der Waals surface area contributed by atoms with Gasteiger partial charge in [-0.2, -0.15) is 0 Å². The molecule has 0 aromatic heterocycles. The van der Waals surface area contributed by atoms with Gasteiger partial charge in [0.1, 0.15) is 0 Å². The number of hydrogen-bond acceptors (Lipinski definition) is 6. The van der Waals surface area contributed by atoms with Gasteiger partial charge in [0.15, 0.2) is 15.9 Å². The highest BCUT2D eigenvalue weighted by Crippen LogP contribution is 2.17. The minimum atomic E-state index is -3.24. The van der Waals surface area contributed by atoms with E-state index in [9.17, 15) is 22.8 Å². The van der Waals surface area contributed by atoms with Crippen LogP contribution in [-0.2, 0) is 25.1 Å². The number of urea groups is 1. The molecule has 2 N–H and O–H groups in total. The molecular weight excluding hydrogens is 384 g/mol. The van der Waals surface area contributed by atoms with Crippen LogP contribution in [0.15, 0.2) is 24.3 Å². The lowest BCUT2D eigenvalue weighted by Crippen LogP contribution is -2.48. The van der Waals surface area contributed by atoms with Gasteiger partial charge in [-0.15, -0.1) is 0 Å². The zero-order valence-electron chi connectivity index (χ0n) is 16.1. The van der Waals surface area contributed by atoms with E-state index in [1.807, 2.05) is 0 Å². The fourth-order valence-corrected chi connectivity index (χ4v) is 3.84. The van der Waals surface area contributed by atoms with Crippen molar-refractivity contribution >= 4 is 27.7 Å². The molecule has 2 rings (SSSR count). The van der Waals surface area contributed by atoms with Crippen molar-refractivity contribution in [3.8, 4) is 0 Å². The van der Waals surface area contributed by atoms with Gasteiger partial charge in [0, 0.05) is 12.3 Å².